The van der Waals surface area contributed by atoms with E-state index < -0.39 is 12.0 Å². The lowest BCUT2D eigenvalue weighted by molar-refractivity contribution is -0.145. The van der Waals surface area contributed by atoms with Gasteiger partial charge in [-0.25, -0.2) is 0 Å². The van der Waals surface area contributed by atoms with E-state index in [0.29, 0.717) is 13.0 Å². The van der Waals surface area contributed by atoms with Gasteiger partial charge in [0.15, 0.2) is 0 Å². The van der Waals surface area contributed by atoms with Crippen molar-refractivity contribution in [1.82, 2.24) is 4.90 Å². The molecule has 168 valence electrons. The van der Waals surface area contributed by atoms with Crippen molar-refractivity contribution >= 4 is 27.4 Å². The van der Waals surface area contributed by atoms with Crippen LogP contribution in [0.15, 0.2) is 84.2 Å². The number of carboxylic acids is 1. The van der Waals surface area contributed by atoms with Crippen LogP contribution in [0.4, 0.5) is 0 Å². The SMILES string of the molecule is O=C(O)C1CCCCN1C(c1ccc(OCc2ccccc2)cc1)c1csc2ccccc12. The number of benzene rings is 3. The van der Waals surface area contributed by atoms with E-state index in [4.69, 9.17) is 4.74 Å². The van der Waals surface area contributed by atoms with Gasteiger partial charge >= 0.3 is 5.97 Å². The lowest BCUT2D eigenvalue weighted by atomic mass is 9.91. The van der Waals surface area contributed by atoms with E-state index in [1.807, 2.05) is 30.3 Å². The van der Waals surface area contributed by atoms with E-state index in [9.17, 15) is 9.90 Å². The normalized spacial score (nSPS) is 17.6. The van der Waals surface area contributed by atoms with Gasteiger partial charge in [-0.05, 0) is 65.0 Å². The van der Waals surface area contributed by atoms with Crippen molar-refractivity contribution < 1.29 is 14.6 Å². The van der Waals surface area contributed by atoms with Crippen LogP contribution in [-0.4, -0.2) is 28.6 Å². The van der Waals surface area contributed by atoms with Crippen molar-refractivity contribution in [2.24, 2.45) is 0 Å². The second-order valence-corrected chi connectivity index (χ2v) is 9.43. The standard InChI is InChI=1S/C28H27NO3S/c30-28(31)25-11-6-7-17-29(25)27(24-19-33-26-12-5-4-10-23(24)26)21-13-15-22(16-14-21)32-18-20-8-2-1-3-9-20/h1-5,8-10,12-16,19,25,27H,6-7,11,17-18H2,(H,30,31). The maximum absolute atomic E-state index is 12.1. The van der Waals surface area contributed by atoms with Gasteiger partial charge in [0.05, 0.1) is 6.04 Å². The number of likely N-dealkylation sites (tertiary alicyclic amines) is 1. The number of hydrogen-bond acceptors (Lipinski definition) is 4. The number of hydrogen-bond donors (Lipinski definition) is 1. The minimum absolute atomic E-state index is 0.106. The second-order valence-electron chi connectivity index (χ2n) is 8.52. The van der Waals surface area contributed by atoms with Crippen molar-refractivity contribution in [3.63, 3.8) is 0 Å². The van der Waals surface area contributed by atoms with Gasteiger partial charge in [-0.15, -0.1) is 11.3 Å². The van der Waals surface area contributed by atoms with Crippen LogP contribution in [0, 0.1) is 0 Å². The summed E-state index contributed by atoms with van der Waals surface area (Å²) >= 11 is 1.72. The predicted molar refractivity (Wildman–Crippen MR) is 133 cm³/mol. The Morgan fingerprint density at radius 2 is 1.76 bits per heavy atom. The number of thiophene rings is 1. The molecule has 1 aliphatic rings. The highest BCUT2D eigenvalue weighted by Gasteiger charge is 2.36. The zero-order valence-corrected chi connectivity index (χ0v) is 19.2. The Bertz CT molecular complexity index is 1220. The van der Waals surface area contributed by atoms with Gasteiger partial charge in [-0.2, -0.15) is 0 Å². The zero-order valence-electron chi connectivity index (χ0n) is 18.4. The Hall–Kier alpha value is -3.15. The molecule has 2 unspecified atom stereocenters. The molecule has 1 fully saturated rings. The third-order valence-corrected chi connectivity index (χ3v) is 7.39. The summed E-state index contributed by atoms with van der Waals surface area (Å²) < 4.78 is 7.21. The summed E-state index contributed by atoms with van der Waals surface area (Å²) in [5.41, 5.74) is 3.40. The Morgan fingerprint density at radius 1 is 1.00 bits per heavy atom. The molecular formula is C28H27NO3S. The molecule has 0 aliphatic carbocycles. The highest BCUT2D eigenvalue weighted by atomic mass is 32.1. The van der Waals surface area contributed by atoms with E-state index in [0.717, 1.165) is 36.3 Å². The van der Waals surface area contributed by atoms with E-state index in [-0.39, 0.29) is 6.04 Å². The Kier molecular flexibility index (Phi) is 6.42. The number of ether oxygens (including phenoxy) is 1. The smallest absolute Gasteiger partial charge is 0.320 e. The molecule has 4 nitrogen and oxygen atoms in total. The van der Waals surface area contributed by atoms with Gasteiger partial charge in [-0.3, -0.25) is 9.69 Å². The van der Waals surface area contributed by atoms with E-state index in [1.165, 1.54) is 15.6 Å². The molecule has 0 amide bonds. The molecule has 2 atom stereocenters. The molecule has 1 aliphatic heterocycles. The molecule has 5 heteroatoms. The third kappa shape index (κ3) is 4.65. The summed E-state index contributed by atoms with van der Waals surface area (Å²) in [5.74, 6) is 0.0759. The summed E-state index contributed by atoms with van der Waals surface area (Å²) in [5, 5.41) is 13.4. The van der Waals surface area contributed by atoms with Crippen LogP contribution in [0.5, 0.6) is 5.75 Å². The summed E-state index contributed by atoms with van der Waals surface area (Å²) in [6, 6.07) is 26.1. The quantitative estimate of drug-likeness (QED) is 0.344. The fourth-order valence-corrected chi connectivity index (χ4v) is 5.75. The van der Waals surface area contributed by atoms with Crippen LogP contribution in [-0.2, 0) is 11.4 Å². The van der Waals surface area contributed by atoms with Crippen molar-refractivity contribution in [2.75, 3.05) is 6.54 Å². The molecule has 3 aromatic carbocycles. The van der Waals surface area contributed by atoms with Gasteiger partial charge in [0.25, 0.3) is 0 Å². The zero-order chi connectivity index (χ0) is 22.6. The lowest BCUT2D eigenvalue weighted by Crippen LogP contribution is -2.46. The molecule has 1 N–H and O–H groups in total. The first-order valence-electron chi connectivity index (χ1n) is 11.4. The monoisotopic (exact) mass is 457 g/mol. The number of piperidine rings is 1. The average molecular weight is 458 g/mol. The van der Waals surface area contributed by atoms with Crippen molar-refractivity contribution in [1.29, 1.82) is 0 Å². The van der Waals surface area contributed by atoms with Crippen LogP contribution < -0.4 is 4.74 Å². The molecule has 1 saturated heterocycles. The van der Waals surface area contributed by atoms with Gasteiger partial charge in [0.1, 0.15) is 18.4 Å². The van der Waals surface area contributed by atoms with Gasteiger partial charge in [0.2, 0.25) is 0 Å². The summed E-state index contributed by atoms with van der Waals surface area (Å²) in [6.45, 7) is 1.30. The number of nitrogens with zero attached hydrogens (tertiary/aromatic N) is 1. The van der Waals surface area contributed by atoms with Crippen LogP contribution in [0.3, 0.4) is 0 Å². The summed E-state index contributed by atoms with van der Waals surface area (Å²) in [7, 11) is 0. The second kappa shape index (κ2) is 9.77. The first-order valence-corrected chi connectivity index (χ1v) is 12.3. The lowest BCUT2D eigenvalue weighted by Gasteiger charge is -2.39. The van der Waals surface area contributed by atoms with Crippen LogP contribution in [0.1, 0.15) is 42.0 Å². The summed E-state index contributed by atoms with van der Waals surface area (Å²) in [6.07, 6.45) is 2.66. The maximum atomic E-state index is 12.1. The van der Waals surface area contributed by atoms with E-state index in [1.54, 1.807) is 11.3 Å². The molecule has 0 saturated carbocycles. The largest absolute Gasteiger partial charge is 0.489 e. The first kappa shape index (κ1) is 21.7. The molecule has 4 aromatic rings. The Labute approximate surface area is 198 Å². The molecule has 33 heavy (non-hydrogen) atoms. The predicted octanol–water partition coefficient (Wildman–Crippen LogP) is 6.51. The Morgan fingerprint density at radius 3 is 2.55 bits per heavy atom. The fourth-order valence-electron chi connectivity index (χ4n) is 4.78. The third-order valence-electron chi connectivity index (χ3n) is 6.41. The fraction of sp³-hybridized carbons (Fsp3) is 0.250. The van der Waals surface area contributed by atoms with Gasteiger partial charge in [0, 0.05) is 4.70 Å². The Balaban J connectivity index is 1.48. The molecule has 0 bridgehead atoms. The van der Waals surface area contributed by atoms with Crippen molar-refractivity contribution in [2.45, 2.75) is 38.0 Å². The number of carboxylic acid groups (broad SMARTS) is 1. The number of aliphatic carboxylic acids is 1. The highest BCUT2D eigenvalue weighted by molar-refractivity contribution is 7.17. The first-order chi connectivity index (χ1) is 16.2. The average Bonchev–Trinajstić information content (AvgIpc) is 3.28. The molecular weight excluding hydrogens is 430 g/mol. The topological polar surface area (TPSA) is 49.8 Å². The maximum Gasteiger partial charge on any atom is 0.320 e. The minimum atomic E-state index is -0.734. The molecule has 2 heterocycles. The minimum Gasteiger partial charge on any atom is -0.489 e. The molecule has 0 spiro atoms. The van der Waals surface area contributed by atoms with Gasteiger partial charge < -0.3 is 9.84 Å². The van der Waals surface area contributed by atoms with E-state index >= 15 is 0 Å². The molecule has 0 radical (unpaired) electrons. The van der Waals surface area contributed by atoms with Crippen LogP contribution in [0.2, 0.25) is 0 Å². The summed E-state index contributed by atoms with van der Waals surface area (Å²) in [4.78, 5) is 14.3. The molecule has 1 aromatic heterocycles. The molecule has 5 rings (SSSR count). The highest BCUT2D eigenvalue weighted by Crippen LogP contribution is 2.40. The van der Waals surface area contributed by atoms with Crippen molar-refractivity contribution in [3.8, 4) is 5.75 Å². The number of fused-ring (bicyclic) bond motifs is 1. The van der Waals surface area contributed by atoms with Gasteiger partial charge in [-0.1, -0.05) is 67.1 Å². The number of carbonyl (C=O) groups is 1. The van der Waals surface area contributed by atoms with Crippen LogP contribution in [0.25, 0.3) is 10.1 Å². The van der Waals surface area contributed by atoms with Crippen LogP contribution >= 0.6 is 11.3 Å². The number of rotatable bonds is 7. The van der Waals surface area contributed by atoms with Crippen molar-refractivity contribution in [3.05, 3.63) is 101 Å². The van der Waals surface area contributed by atoms with E-state index in [2.05, 4.69) is 58.8 Å².